The van der Waals surface area contributed by atoms with Gasteiger partial charge in [0.2, 0.25) is 5.91 Å². The minimum atomic E-state index is -0.150. The molecule has 2 aromatic rings. The lowest BCUT2D eigenvalue weighted by molar-refractivity contribution is -0.114. The molecule has 0 unspecified atom stereocenters. The lowest BCUT2D eigenvalue weighted by Gasteiger charge is -2.22. The van der Waals surface area contributed by atoms with Crippen LogP contribution in [0.1, 0.15) is 53.6 Å². The summed E-state index contributed by atoms with van der Waals surface area (Å²) in [6, 6.07) is 13.4. The van der Waals surface area contributed by atoms with Crippen molar-refractivity contribution in [2.24, 2.45) is 0 Å². The van der Waals surface area contributed by atoms with E-state index in [-0.39, 0.29) is 24.4 Å². The molecule has 28 heavy (non-hydrogen) atoms. The molecule has 3 rings (SSSR count). The zero-order valence-electron chi connectivity index (χ0n) is 16.7. The fourth-order valence-corrected chi connectivity index (χ4v) is 3.49. The van der Waals surface area contributed by atoms with Crippen molar-refractivity contribution in [1.82, 2.24) is 5.32 Å². The van der Waals surface area contributed by atoms with Gasteiger partial charge in [-0.3, -0.25) is 9.59 Å². The van der Waals surface area contributed by atoms with Crippen LogP contribution in [0.25, 0.3) is 0 Å². The summed E-state index contributed by atoms with van der Waals surface area (Å²) in [5.74, 6) is -0.223. The van der Waals surface area contributed by atoms with Crippen LogP contribution in [0.2, 0.25) is 0 Å². The van der Waals surface area contributed by atoms with Gasteiger partial charge in [-0.2, -0.15) is 0 Å². The summed E-state index contributed by atoms with van der Waals surface area (Å²) < 4.78 is 0. The lowest BCUT2D eigenvalue weighted by Crippen LogP contribution is -2.36. The molecule has 0 aromatic heterocycles. The van der Waals surface area contributed by atoms with Crippen LogP contribution in [0, 0.1) is 13.8 Å². The monoisotopic (exact) mass is 379 g/mol. The van der Waals surface area contributed by atoms with Crippen molar-refractivity contribution >= 4 is 23.2 Å². The molecule has 0 spiro atoms. The second-order valence-electron chi connectivity index (χ2n) is 7.59. The van der Waals surface area contributed by atoms with Gasteiger partial charge >= 0.3 is 0 Å². The van der Waals surface area contributed by atoms with E-state index >= 15 is 0 Å². The molecule has 0 bridgehead atoms. The average Bonchev–Trinajstić information content (AvgIpc) is 2.70. The Morgan fingerprint density at radius 1 is 0.929 bits per heavy atom. The van der Waals surface area contributed by atoms with Gasteiger partial charge in [-0.25, -0.2) is 0 Å². The van der Waals surface area contributed by atoms with Gasteiger partial charge in [0.05, 0.1) is 6.54 Å². The highest BCUT2D eigenvalue weighted by Gasteiger charge is 2.17. The molecule has 2 aromatic carbocycles. The molecule has 5 heteroatoms. The third-order valence-corrected chi connectivity index (χ3v) is 5.31. The number of carbonyl (C=O) groups excluding carboxylic acids is 2. The van der Waals surface area contributed by atoms with Crippen molar-refractivity contribution in [3.05, 3.63) is 59.2 Å². The van der Waals surface area contributed by atoms with Crippen molar-refractivity contribution < 1.29 is 9.59 Å². The summed E-state index contributed by atoms with van der Waals surface area (Å²) in [6.45, 7) is 4.27. The first-order chi connectivity index (χ1) is 13.5. The van der Waals surface area contributed by atoms with Gasteiger partial charge in [0.1, 0.15) is 0 Å². The number of benzene rings is 2. The van der Waals surface area contributed by atoms with Crippen LogP contribution in [-0.2, 0) is 4.79 Å². The highest BCUT2D eigenvalue weighted by atomic mass is 16.2. The Balaban J connectivity index is 1.53. The van der Waals surface area contributed by atoms with Crippen LogP contribution >= 0.6 is 0 Å². The predicted molar refractivity (Wildman–Crippen MR) is 114 cm³/mol. The zero-order chi connectivity index (χ0) is 19.9. The molecule has 0 heterocycles. The van der Waals surface area contributed by atoms with Crippen molar-refractivity contribution in [1.29, 1.82) is 0 Å². The topological polar surface area (TPSA) is 70.2 Å². The second kappa shape index (κ2) is 9.40. The Labute approximate surface area is 166 Å². The number of anilines is 2. The molecule has 3 N–H and O–H groups in total. The smallest absolute Gasteiger partial charge is 0.251 e. The number of hydrogen-bond acceptors (Lipinski definition) is 3. The number of nitrogens with one attached hydrogen (secondary N) is 3. The third kappa shape index (κ3) is 5.59. The zero-order valence-corrected chi connectivity index (χ0v) is 16.7. The van der Waals surface area contributed by atoms with E-state index in [9.17, 15) is 9.59 Å². The molecule has 2 amide bonds. The molecule has 5 nitrogen and oxygen atoms in total. The van der Waals surface area contributed by atoms with Crippen molar-refractivity contribution in [3.8, 4) is 0 Å². The fourth-order valence-electron chi connectivity index (χ4n) is 3.49. The van der Waals surface area contributed by atoms with Crippen LogP contribution in [0.3, 0.4) is 0 Å². The summed E-state index contributed by atoms with van der Waals surface area (Å²) in [7, 11) is 0. The fraction of sp³-hybridized carbons (Fsp3) is 0.391. The van der Waals surface area contributed by atoms with Crippen LogP contribution < -0.4 is 16.0 Å². The van der Waals surface area contributed by atoms with Crippen molar-refractivity contribution in [3.63, 3.8) is 0 Å². The largest absolute Gasteiger partial charge is 0.376 e. The summed E-state index contributed by atoms with van der Waals surface area (Å²) in [6.07, 6.45) is 5.70. The average molecular weight is 380 g/mol. The summed E-state index contributed by atoms with van der Waals surface area (Å²) in [5, 5.41) is 9.10. The quantitative estimate of drug-likeness (QED) is 0.696. The first kappa shape index (κ1) is 19.9. The molecule has 1 fully saturated rings. The van der Waals surface area contributed by atoms with Gasteiger partial charge in [-0.05, 0) is 68.1 Å². The summed E-state index contributed by atoms with van der Waals surface area (Å²) in [4.78, 5) is 24.7. The highest BCUT2D eigenvalue weighted by Crippen LogP contribution is 2.19. The lowest BCUT2D eigenvalue weighted by atomic mass is 9.95. The molecule has 1 aliphatic carbocycles. The maximum absolute atomic E-state index is 12.5. The van der Waals surface area contributed by atoms with E-state index in [0.29, 0.717) is 11.3 Å². The molecule has 0 saturated heterocycles. The molecule has 1 aliphatic rings. The van der Waals surface area contributed by atoms with Gasteiger partial charge in [0.15, 0.2) is 0 Å². The molecule has 0 atom stereocenters. The Hall–Kier alpha value is -2.82. The van der Waals surface area contributed by atoms with E-state index in [0.717, 1.165) is 18.5 Å². The van der Waals surface area contributed by atoms with Crippen LogP contribution in [-0.4, -0.2) is 24.4 Å². The normalized spacial score (nSPS) is 14.4. The van der Waals surface area contributed by atoms with E-state index in [1.54, 1.807) is 24.3 Å². The van der Waals surface area contributed by atoms with E-state index in [1.807, 2.05) is 25.1 Å². The Bertz CT molecular complexity index is 841. The maximum Gasteiger partial charge on any atom is 0.251 e. The van der Waals surface area contributed by atoms with Gasteiger partial charge in [-0.1, -0.05) is 31.4 Å². The standard InChI is InChI=1S/C23H29N3O2/c1-16-11-12-20(13-17(16)2)24-15-22(27)25-21-10-6-7-18(14-21)23(28)26-19-8-4-3-5-9-19/h6-7,10-14,19,24H,3-5,8-9,15H2,1-2H3,(H,25,27)(H,26,28). The number of carbonyl (C=O) groups is 2. The first-order valence-electron chi connectivity index (χ1n) is 10.0. The number of hydrogen-bond donors (Lipinski definition) is 3. The van der Waals surface area contributed by atoms with Crippen LogP contribution in [0.15, 0.2) is 42.5 Å². The maximum atomic E-state index is 12.5. The van der Waals surface area contributed by atoms with Gasteiger partial charge in [0.25, 0.3) is 5.91 Å². The highest BCUT2D eigenvalue weighted by molar-refractivity contribution is 5.98. The number of aryl methyl sites for hydroxylation is 2. The van der Waals surface area contributed by atoms with Gasteiger partial charge in [0, 0.05) is 23.0 Å². The van der Waals surface area contributed by atoms with Crippen LogP contribution in [0.5, 0.6) is 0 Å². The van der Waals surface area contributed by atoms with Gasteiger partial charge < -0.3 is 16.0 Å². The van der Waals surface area contributed by atoms with Crippen molar-refractivity contribution in [2.75, 3.05) is 17.2 Å². The number of rotatable bonds is 6. The molecule has 0 radical (unpaired) electrons. The van der Waals surface area contributed by atoms with Crippen LogP contribution in [0.4, 0.5) is 11.4 Å². The van der Waals surface area contributed by atoms with E-state index < -0.39 is 0 Å². The van der Waals surface area contributed by atoms with E-state index in [4.69, 9.17) is 0 Å². The Morgan fingerprint density at radius 3 is 2.46 bits per heavy atom. The summed E-state index contributed by atoms with van der Waals surface area (Å²) in [5.41, 5.74) is 4.52. The first-order valence-corrected chi connectivity index (χ1v) is 10.0. The third-order valence-electron chi connectivity index (χ3n) is 5.31. The number of amides is 2. The minimum Gasteiger partial charge on any atom is -0.376 e. The molecular weight excluding hydrogens is 350 g/mol. The van der Waals surface area contributed by atoms with Crippen molar-refractivity contribution in [2.45, 2.75) is 52.0 Å². The predicted octanol–water partition coefficient (Wildman–Crippen LogP) is 4.42. The second-order valence-corrected chi connectivity index (χ2v) is 7.59. The van der Waals surface area contributed by atoms with E-state index in [2.05, 4.69) is 22.9 Å². The van der Waals surface area contributed by atoms with E-state index in [1.165, 1.54) is 30.4 Å². The SMILES string of the molecule is Cc1ccc(NCC(=O)Nc2cccc(C(=O)NC3CCCCC3)c2)cc1C. The Morgan fingerprint density at radius 2 is 1.71 bits per heavy atom. The molecule has 1 saturated carbocycles. The Kier molecular flexibility index (Phi) is 6.69. The molecule has 148 valence electrons. The molecular formula is C23H29N3O2. The van der Waals surface area contributed by atoms with Gasteiger partial charge in [-0.15, -0.1) is 0 Å². The minimum absolute atomic E-state index is 0.0729. The molecule has 0 aliphatic heterocycles. The summed E-state index contributed by atoms with van der Waals surface area (Å²) >= 11 is 0.